The summed E-state index contributed by atoms with van der Waals surface area (Å²) in [6, 6.07) is 4.28. The SMILES string of the molecule is COc1cc(C(=O)N2CCCC(CCBr)C2)ccc1F. The number of carbonyl (C=O) groups excluding carboxylic acids is 1. The van der Waals surface area contributed by atoms with E-state index in [2.05, 4.69) is 15.9 Å². The molecule has 1 aliphatic rings. The first-order valence-electron chi connectivity index (χ1n) is 6.84. The van der Waals surface area contributed by atoms with Crippen LogP contribution in [-0.2, 0) is 0 Å². The first-order chi connectivity index (χ1) is 9.65. The fourth-order valence-corrected chi connectivity index (χ4v) is 3.26. The second-order valence-corrected chi connectivity index (χ2v) is 5.88. The first-order valence-corrected chi connectivity index (χ1v) is 7.96. The van der Waals surface area contributed by atoms with Gasteiger partial charge >= 0.3 is 0 Å². The molecule has 1 unspecified atom stereocenters. The van der Waals surface area contributed by atoms with Crippen molar-refractivity contribution in [2.24, 2.45) is 5.92 Å². The largest absolute Gasteiger partial charge is 0.494 e. The minimum Gasteiger partial charge on any atom is -0.494 e. The predicted octanol–water partition coefficient (Wildman–Crippen LogP) is 3.47. The van der Waals surface area contributed by atoms with Crippen LogP contribution in [0.4, 0.5) is 4.39 Å². The Hall–Kier alpha value is -1.10. The zero-order valence-corrected chi connectivity index (χ0v) is 13.2. The van der Waals surface area contributed by atoms with Crippen molar-refractivity contribution >= 4 is 21.8 Å². The third-order valence-corrected chi connectivity index (χ3v) is 4.18. The van der Waals surface area contributed by atoms with Crippen LogP contribution in [0.3, 0.4) is 0 Å². The van der Waals surface area contributed by atoms with Gasteiger partial charge in [0.05, 0.1) is 7.11 Å². The lowest BCUT2D eigenvalue weighted by Crippen LogP contribution is -2.40. The summed E-state index contributed by atoms with van der Waals surface area (Å²) in [6.07, 6.45) is 3.28. The molecule has 1 heterocycles. The van der Waals surface area contributed by atoms with E-state index in [0.717, 1.165) is 31.3 Å². The van der Waals surface area contributed by atoms with Crippen LogP contribution in [0, 0.1) is 11.7 Å². The number of nitrogens with zero attached hydrogens (tertiary/aromatic N) is 1. The van der Waals surface area contributed by atoms with Crippen molar-refractivity contribution in [1.29, 1.82) is 0 Å². The normalized spacial score (nSPS) is 18.9. The van der Waals surface area contributed by atoms with E-state index >= 15 is 0 Å². The number of likely N-dealkylation sites (tertiary alicyclic amines) is 1. The lowest BCUT2D eigenvalue weighted by molar-refractivity contribution is 0.0671. The maximum atomic E-state index is 13.4. The summed E-state index contributed by atoms with van der Waals surface area (Å²) in [5.74, 6) is 0.182. The minimum absolute atomic E-state index is 0.0393. The maximum absolute atomic E-state index is 13.4. The summed E-state index contributed by atoms with van der Waals surface area (Å²) in [4.78, 5) is 14.3. The van der Waals surface area contributed by atoms with E-state index in [1.54, 1.807) is 0 Å². The number of carbonyl (C=O) groups is 1. The number of halogens is 2. The number of amides is 1. The molecule has 1 atom stereocenters. The first kappa shape index (κ1) is 15.3. The number of hydrogen-bond acceptors (Lipinski definition) is 2. The van der Waals surface area contributed by atoms with Gasteiger partial charge in [0.1, 0.15) is 0 Å². The standard InChI is InChI=1S/C15H19BrFNO2/c1-20-14-9-12(4-5-13(14)17)15(19)18-8-2-3-11(10-18)6-7-16/h4-5,9,11H,2-3,6-8,10H2,1H3. The molecule has 3 nitrogen and oxygen atoms in total. The van der Waals surface area contributed by atoms with Gasteiger partial charge in [-0.05, 0) is 43.4 Å². The minimum atomic E-state index is -0.445. The molecule has 20 heavy (non-hydrogen) atoms. The van der Waals surface area contributed by atoms with Crippen LogP contribution < -0.4 is 4.74 Å². The molecule has 1 aliphatic heterocycles. The smallest absolute Gasteiger partial charge is 0.254 e. The van der Waals surface area contributed by atoms with Crippen LogP contribution >= 0.6 is 15.9 Å². The molecule has 0 aromatic heterocycles. The van der Waals surface area contributed by atoms with E-state index < -0.39 is 5.82 Å². The molecule has 1 amide bonds. The van der Waals surface area contributed by atoms with Crippen LogP contribution in [0.15, 0.2) is 18.2 Å². The van der Waals surface area contributed by atoms with Gasteiger partial charge in [-0.25, -0.2) is 4.39 Å². The zero-order chi connectivity index (χ0) is 14.5. The highest BCUT2D eigenvalue weighted by Gasteiger charge is 2.24. The van der Waals surface area contributed by atoms with Gasteiger partial charge in [-0.2, -0.15) is 0 Å². The van der Waals surface area contributed by atoms with Crippen LogP contribution in [-0.4, -0.2) is 36.3 Å². The van der Waals surface area contributed by atoms with Crippen molar-refractivity contribution in [3.8, 4) is 5.75 Å². The summed E-state index contributed by atoms with van der Waals surface area (Å²) < 4.78 is 18.3. The maximum Gasteiger partial charge on any atom is 0.254 e. The quantitative estimate of drug-likeness (QED) is 0.783. The van der Waals surface area contributed by atoms with Gasteiger partial charge in [-0.3, -0.25) is 4.79 Å². The lowest BCUT2D eigenvalue weighted by Gasteiger charge is -2.32. The fraction of sp³-hybridized carbons (Fsp3) is 0.533. The van der Waals surface area contributed by atoms with E-state index in [9.17, 15) is 9.18 Å². The van der Waals surface area contributed by atoms with Crippen LogP contribution in [0.25, 0.3) is 0 Å². The van der Waals surface area contributed by atoms with E-state index in [4.69, 9.17) is 4.74 Å². The molecule has 0 spiro atoms. The summed E-state index contributed by atoms with van der Waals surface area (Å²) >= 11 is 3.45. The van der Waals surface area contributed by atoms with E-state index in [0.29, 0.717) is 11.5 Å². The van der Waals surface area contributed by atoms with Crippen molar-refractivity contribution in [2.75, 3.05) is 25.5 Å². The molecule has 1 aromatic rings. The third-order valence-electron chi connectivity index (χ3n) is 3.72. The molecule has 1 saturated heterocycles. The van der Waals surface area contributed by atoms with Gasteiger partial charge in [0.15, 0.2) is 11.6 Å². The molecule has 0 radical (unpaired) electrons. The number of piperidine rings is 1. The number of benzene rings is 1. The Labute approximate surface area is 127 Å². The number of ether oxygens (including phenoxy) is 1. The van der Waals surface area contributed by atoms with E-state index in [-0.39, 0.29) is 11.7 Å². The highest BCUT2D eigenvalue weighted by atomic mass is 79.9. The molecule has 0 N–H and O–H groups in total. The Balaban J connectivity index is 2.10. The number of methoxy groups -OCH3 is 1. The van der Waals surface area contributed by atoms with E-state index in [1.807, 2.05) is 4.90 Å². The molecular weight excluding hydrogens is 325 g/mol. The molecule has 0 aliphatic carbocycles. The van der Waals surface area contributed by atoms with Crippen molar-refractivity contribution < 1.29 is 13.9 Å². The second-order valence-electron chi connectivity index (χ2n) is 5.09. The van der Waals surface area contributed by atoms with Crippen molar-refractivity contribution in [2.45, 2.75) is 19.3 Å². The number of alkyl halides is 1. The number of hydrogen-bond donors (Lipinski definition) is 0. The Morgan fingerprint density at radius 1 is 1.55 bits per heavy atom. The number of rotatable bonds is 4. The monoisotopic (exact) mass is 343 g/mol. The fourth-order valence-electron chi connectivity index (χ4n) is 2.61. The average Bonchev–Trinajstić information content (AvgIpc) is 2.48. The van der Waals surface area contributed by atoms with Gasteiger partial charge in [0.2, 0.25) is 0 Å². The Morgan fingerprint density at radius 3 is 3.05 bits per heavy atom. The molecule has 0 bridgehead atoms. The van der Waals surface area contributed by atoms with Gasteiger partial charge in [-0.15, -0.1) is 0 Å². The molecule has 1 fully saturated rings. The van der Waals surface area contributed by atoms with Gasteiger partial charge in [-0.1, -0.05) is 15.9 Å². The van der Waals surface area contributed by atoms with Gasteiger partial charge in [0.25, 0.3) is 5.91 Å². The average molecular weight is 344 g/mol. The molecule has 0 saturated carbocycles. The summed E-state index contributed by atoms with van der Waals surface area (Å²) in [6.45, 7) is 1.56. The van der Waals surface area contributed by atoms with Crippen molar-refractivity contribution in [3.05, 3.63) is 29.6 Å². The summed E-state index contributed by atoms with van der Waals surface area (Å²) in [7, 11) is 1.40. The third kappa shape index (κ3) is 3.51. The Bertz CT molecular complexity index is 479. The van der Waals surface area contributed by atoms with Crippen LogP contribution in [0.2, 0.25) is 0 Å². The predicted molar refractivity (Wildman–Crippen MR) is 80.0 cm³/mol. The Kier molecular flexibility index (Phi) is 5.40. The summed E-state index contributed by atoms with van der Waals surface area (Å²) in [5.41, 5.74) is 0.489. The van der Waals surface area contributed by atoms with Crippen molar-refractivity contribution in [1.82, 2.24) is 4.90 Å². The molecular formula is C15H19BrFNO2. The topological polar surface area (TPSA) is 29.5 Å². The Morgan fingerprint density at radius 2 is 2.35 bits per heavy atom. The molecule has 110 valence electrons. The molecule has 5 heteroatoms. The molecule has 1 aromatic carbocycles. The highest BCUT2D eigenvalue weighted by molar-refractivity contribution is 9.09. The van der Waals surface area contributed by atoms with E-state index in [1.165, 1.54) is 31.7 Å². The summed E-state index contributed by atoms with van der Waals surface area (Å²) in [5, 5.41) is 0.962. The lowest BCUT2D eigenvalue weighted by atomic mass is 9.95. The van der Waals surface area contributed by atoms with Gasteiger partial charge < -0.3 is 9.64 Å². The van der Waals surface area contributed by atoms with Crippen LogP contribution in [0.1, 0.15) is 29.6 Å². The van der Waals surface area contributed by atoms with Gasteiger partial charge in [0, 0.05) is 24.0 Å². The highest BCUT2D eigenvalue weighted by Crippen LogP contribution is 2.24. The van der Waals surface area contributed by atoms with Crippen LogP contribution in [0.5, 0.6) is 5.75 Å². The zero-order valence-electron chi connectivity index (χ0n) is 11.6. The molecule has 2 rings (SSSR count). The second kappa shape index (κ2) is 7.07. The van der Waals surface area contributed by atoms with Crippen molar-refractivity contribution in [3.63, 3.8) is 0 Å².